The van der Waals surface area contributed by atoms with Crippen LogP contribution < -0.4 is 5.43 Å². The van der Waals surface area contributed by atoms with Gasteiger partial charge in [0.1, 0.15) is 0 Å². The molecule has 1 amide bonds. The first-order chi connectivity index (χ1) is 13.4. The molecule has 0 saturated carbocycles. The fourth-order valence-electron chi connectivity index (χ4n) is 3.09. The second kappa shape index (κ2) is 8.86. The first kappa shape index (κ1) is 20.5. The van der Waals surface area contributed by atoms with E-state index in [1.54, 1.807) is 12.1 Å². The Kier molecular flexibility index (Phi) is 6.49. The van der Waals surface area contributed by atoms with Crippen LogP contribution in [0.3, 0.4) is 0 Å². The third-order valence-corrected chi connectivity index (χ3v) is 6.97. The van der Waals surface area contributed by atoms with Crippen molar-refractivity contribution in [3.63, 3.8) is 0 Å². The lowest BCUT2D eigenvalue weighted by atomic mass is 9.98. The van der Waals surface area contributed by atoms with E-state index in [0.717, 1.165) is 11.3 Å². The predicted molar refractivity (Wildman–Crippen MR) is 110 cm³/mol. The number of amides is 1. The van der Waals surface area contributed by atoms with E-state index in [2.05, 4.69) is 10.5 Å². The molecule has 0 aromatic heterocycles. The van der Waals surface area contributed by atoms with Crippen LogP contribution in [0.1, 0.15) is 25.3 Å². The summed E-state index contributed by atoms with van der Waals surface area (Å²) in [6, 6.07) is 15.7. The van der Waals surface area contributed by atoms with E-state index >= 15 is 0 Å². The van der Waals surface area contributed by atoms with E-state index in [4.69, 9.17) is 11.6 Å². The minimum atomic E-state index is -3.57. The lowest BCUT2D eigenvalue weighted by Crippen LogP contribution is -2.42. The molecule has 1 saturated heterocycles. The zero-order valence-corrected chi connectivity index (χ0v) is 17.1. The van der Waals surface area contributed by atoms with Crippen LogP contribution in [0.5, 0.6) is 0 Å². The van der Waals surface area contributed by atoms with Gasteiger partial charge in [0.25, 0.3) is 0 Å². The van der Waals surface area contributed by atoms with Crippen molar-refractivity contribution in [2.75, 3.05) is 13.1 Å². The van der Waals surface area contributed by atoms with E-state index in [0.29, 0.717) is 31.0 Å². The van der Waals surface area contributed by atoms with Crippen LogP contribution in [0.25, 0.3) is 0 Å². The van der Waals surface area contributed by atoms with E-state index in [-0.39, 0.29) is 16.7 Å². The lowest BCUT2D eigenvalue weighted by molar-refractivity contribution is -0.126. The number of nitrogens with one attached hydrogen (secondary N) is 1. The zero-order valence-electron chi connectivity index (χ0n) is 15.5. The summed E-state index contributed by atoms with van der Waals surface area (Å²) in [4.78, 5) is 12.6. The molecule has 1 heterocycles. The second-order valence-corrected chi connectivity index (χ2v) is 9.05. The molecule has 0 unspecified atom stereocenters. The second-order valence-electron chi connectivity index (χ2n) is 6.67. The number of carbonyl (C=O) groups excluding carboxylic acids is 1. The van der Waals surface area contributed by atoms with Crippen LogP contribution >= 0.6 is 11.6 Å². The Balaban J connectivity index is 1.57. The first-order valence-corrected chi connectivity index (χ1v) is 10.8. The maximum Gasteiger partial charge on any atom is 0.243 e. The Labute approximate surface area is 170 Å². The summed E-state index contributed by atoms with van der Waals surface area (Å²) in [6.45, 7) is 2.42. The highest BCUT2D eigenvalue weighted by Crippen LogP contribution is 2.24. The number of hydrogen-bond acceptors (Lipinski definition) is 4. The molecule has 0 spiro atoms. The molecule has 0 bridgehead atoms. The van der Waals surface area contributed by atoms with Gasteiger partial charge in [0.2, 0.25) is 15.9 Å². The van der Waals surface area contributed by atoms with Gasteiger partial charge in [-0.2, -0.15) is 9.41 Å². The summed E-state index contributed by atoms with van der Waals surface area (Å²) in [7, 11) is -3.57. The van der Waals surface area contributed by atoms with Crippen LogP contribution in [0, 0.1) is 5.92 Å². The quantitative estimate of drug-likeness (QED) is 0.596. The summed E-state index contributed by atoms with van der Waals surface area (Å²) < 4.78 is 26.8. The molecule has 8 heteroatoms. The largest absolute Gasteiger partial charge is 0.273 e. The molecule has 1 N–H and O–H groups in total. The average Bonchev–Trinajstić information content (AvgIpc) is 2.73. The smallest absolute Gasteiger partial charge is 0.243 e. The minimum Gasteiger partial charge on any atom is -0.273 e. The summed E-state index contributed by atoms with van der Waals surface area (Å²) >= 11 is 5.83. The molecule has 1 aliphatic heterocycles. The van der Waals surface area contributed by atoms with Crippen molar-refractivity contribution in [2.45, 2.75) is 24.7 Å². The molecule has 3 rings (SSSR count). The van der Waals surface area contributed by atoms with Crippen molar-refractivity contribution in [2.24, 2.45) is 11.0 Å². The minimum absolute atomic E-state index is 0.182. The molecule has 148 valence electrons. The highest BCUT2D eigenvalue weighted by molar-refractivity contribution is 7.89. The Bertz CT molecular complexity index is 952. The van der Waals surface area contributed by atoms with Gasteiger partial charge in [0.05, 0.1) is 10.6 Å². The maximum atomic E-state index is 12.7. The van der Waals surface area contributed by atoms with Crippen LogP contribution in [0.4, 0.5) is 0 Å². The maximum absolute atomic E-state index is 12.7. The predicted octanol–water partition coefficient (Wildman–Crippen LogP) is 3.28. The third-order valence-electron chi connectivity index (χ3n) is 4.80. The molecule has 0 atom stereocenters. The van der Waals surface area contributed by atoms with Gasteiger partial charge in [-0.15, -0.1) is 0 Å². The fourth-order valence-corrected chi connectivity index (χ4v) is 4.68. The Morgan fingerprint density at radius 1 is 1.07 bits per heavy atom. The average molecular weight is 420 g/mol. The molecule has 0 radical (unpaired) electrons. The normalized spacial score (nSPS) is 16.7. The van der Waals surface area contributed by atoms with Crippen molar-refractivity contribution in [3.05, 3.63) is 65.2 Å². The van der Waals surface area contributed by atoms with Crippen molar-refractivity contribution in [1.29, 1.82) is 0 Å². The number of benzene rings is 2. The fraction of sp³-hybridized carbons (Fsp3) is 0.300. The van der Waals surface area contributed by atoms with E-state index in [1.165, 1.54) is 16.4 Å². The molecule has 28 heavy (non-hydrogen) atoms. The van der Waals surface area contributed by atoms with Crippen molar-refractivity contribution in [3.8, 4) is 0 Å². The van der Waals surface area contributed by atoms with Gasteiger partial charge in [-0.05, 0) is 49.6 Å². The van der Waals surface area contributed by atoms with E-state index in [1.807, 2.05) is 37.3 Å². The molecular weight excluding hydrogens is 398 g/mol. The van der Waals surface area contributed by atoms with Gasteiger partial charge in [-0.3, -0.25) is 4.79 Å². The number of sulfonamides is 1. The highest BCUT2D eigenvalue weighted by atomic mass is 35.5. The van der Waals surface area contributed by atoms with Gasteiger partial charge in [0.15, 0.2) is 0 Å². The molecule has 1 aliphatic rings. The van der Waals surface area contributed by atoms with E-state index < -0.39 is 10.0 Å². The van der Waals surface area contributed by atoms with Crippen molar-refractivity contribution >= 4 is 33.2 Å². The number of halogens is 1. The van der Waals surface area contributed by atoms with E-state index in [9.17, 15) is 13.2 Å². The van der Waals surface area contributed by atoms with Crippen molar-refractivity contribution in [1.82, 2.24) is 9.73 Å². The number of carbonyl (C=O) groups is 1. The standard InChI is InChI=1S/C20H22ClN3O3S/c1-15(16-5-3-2-4-6-16)22-23-20(25)17-11-13-24(14-12-17)28(26,27)19-9-7-18(21)8-10-19/h2-10,17H,11-14H2,1H3,(H,23,25)/b22-15+. The van der Waals surface area contributed by atoms with Crippen LogP contribution in [-0.2, 0) is 14.8 Å². The van der Waals surface area contributed by atoms with Crippen LogP contribution in [-0.4, -0.2) is 37.4 Å². The highest BCUT2D eigenvalue weighted by Gasteiger charge is 2.32. The lowest BCUT2D eigenvalue weighted by Gasteiger charge is -2.30. The first-order valence-electron chi connectivity index (χ1n) is 9.03. The molecular formula is C20H22ClN3O3S. The molecule has 1 fully saturated rings. The summed E-state index contributed by atoms with van der Waals surface area (Å²) in [5.41, 5.74) is 4.26. The van der Waals surface area contributed by atoms with Gasteiger partial charge in [0, 0.05) is 24.0 Å². The van der Waals surface area contributed by atoms with Crippen LogP contribution in [0.15, 0.2) is 64.6 Å². The zero-order chi connectivity index (χ0) is 20.1. The summed E-state index contributed by atoms with van der Waals surface area (Å²) in [5, 5.41) is 4.65. The number of piperidine rings is 1. The van der Waals surface area contributed by atoms with Gasteiger partial charge in [-0.1, -0.05) is 41.9 Å². The SMILES string of the molecule is C/C(=N\NC(=O)C1CCN(S(=O)(=O)c2ccc(Cl)cc2)CC1)c1ccccc1. The van der Waals surface area contributed by atoms with Gasteiger partial charge in [-0.25, -0.2) is 13.8 Å². The number of hydrogen-bond donors (Lipinski definition) is 1. The van der Waals surface area contributed by atoms with Crippen LogP contribution in [0.2, 0.25) is 5.02 Å². The number of rotatable bonds is 5. The topological polar surface area (TPSA) is 78.8 Å². The molecule has 0 aliphatic carbocycles. The summed E-state index contributed by atoms with van der Waals surface area (Å²) in [6.07, 6.45) is 0.914. The van der Waals surface area contributed by atoms with Gasteiger partial charge < -0.3 is 0 Å². The Morgan fingerprint density at radius 2 is 1.68 bits per heavy atom. The Morgan fingerprint density at radius 3 is 2.29 bits per heavy atom. The monoisotopic (exact) mass is 419 g/mol. The van der Waals surface area contributed by atoms with Gasteiger partial charge >= 0.3 is 0 Å². The number of nitrogens with zero attached hydrogens (tertiary/aromatic N) is 2. The third kappa shape index (κ3) is 4.79. The number of hydrazone groups is 1. The Hall–Kier alpha value is -2.22. The summed E-state index contributed by atoms with van der Waals surface area (Å²) in [5.74, 6) is -0.442. The van der Waals surface area contributed by atoms with Crippen molar-refractivity contribution < 1.29 is 13.2 Å². The molecule has 2 aromatic carbocycles. The molecule has 6 nitrogen and oxygen atoms in total. The molecule has 2 aromatic rings.